The first-order valence-electron chi connectivity index (χ1n) is 10.5. The second kappa shape index (κ2) is 15.9. The molecule has 0 saturated carbocycles. The minimum absolute atomic E-state index is 0.00662. The van der Waals surface area contributed by atoms with Gasteiger partial charge in [-0.15, -0.1) is 0 Å². The number of phenols is 2. The van der Waals surface area contributed by atoms with E-state index in [0.29, 0.717) is 22.6 Å². The Labute approximate surface area is 207 Å². The normalized spacial score (nSPS) is 10.7. The van der Waals surface area contributed by atoms with Gasteiger partial charge in [-0.25, -0.2) is 0 Å². The van der Waals surface area contributed by atoms with Crippen molar-refractivity contribution in [3.63, 3.8) is 0 Å². The summed E-state index contributed by atoms with van der Waals surface area (Å²) >= 11 is 2.56. The first kappa shape index (κ1) is 28.2. The second-order valence-electron chi connectivity index (χ2n) is 7.00. The number of benzene rings is 2. The van der Waals surface area contributed by atoms with E-state index >= 15 is 0 Å². The molecule has 2 aromatic carbocycles. The van der Waals surface area contributed by atoms with E-state index in [1.807, 2.05) is 0 Å². The van der Waals surface area contributed by atoms with Gasteiger partial charge in [0.05, 0.1) is 20.6 Å². The third-order valence-electron chi connectivity index (χ3n) is 4.39. The monoisotopic (exact) mass is 636 g/mol. The van der Waals surface area contributed by atoms with Gasteiger partial charge in [-0.2, -0.15) is 0 Å². The number of unbranched alkanes of at least 4 members (excludes halogenated alkanes) is 2. The van der Waals surface area contributed by atoms with Crippen molar-refractivity contribution >= 4 is 23.7 Å². The summed E-state index contributed by atoms with van der Waals surface area (Å²) in [5.74, 6) is -0.0832. The molecule has 0 aliphatic heterocycles. The molecule has 182 valence electrons. The van der Waals surface area contributed by atoms with Crippen molar-refractivity contribution in [1.82, 2.24) is 0 Å². The van der Waals surface area contributed by atoms with Crippen LogP contribution >= 0.6 is 0 Å². The molecule has 7 heteroatoms. The summed E-state index contributed by atoms with van der Waals surface area (Å²) in [6, 6.07) is 9.34. The Hall–Kier alpha value is -2.80. The van der Waals surface area contributed by atoms with Gasteiger partial charge >= 0.3 is 51.9 Å². The largest absolute Gasteiger partial charge is 0.504 e. The molecule has 0 amide bonds. The van der Waals surface area contributed by atoms with Crippen LogP contribution in [-0.4, -0.2) is 36.0 Å². The van der Waals surface area contributed by atoms with Crippen molar-refractivity contribution < 1.29 is 50.3 Å². The van der Waals surface area contributed by atoms with Crippen LogP contribution in [0.5, 0.6) is 23.0 Å². The molecule has 2 N–H and O–H groups in total. The van der Waals surface area contributed by atoms with E-state index < -0.39 is 0 Å². The molecule has 0 bridgehead atoms. The van der Waals surface area contributed by atoms with Crippen LogP contribution in [0.2, 0.25) is 4.64 Å². The number of rotatable bonds is 11. The Bertz CT molecular complexity index is 888. The minimum Gasteiger partial charge on any atom is -0.504 e. The van der Waals surface area contributed by atoms with Gasteiger partial charge in [-0.05, 0) is 47.5 Å². The van der Waals surface area contributed by atoms with E-state index in [1.165, 1.54) is 62.4 Å². The summed E-state index contributed by atoms with van der Waals surface area (Å²) in [7, 11) is 2.87. The minimum atomic E-state index is -0.347. The Morgan fingerprint density at radius 1 is 0.848 bits per heavy atom. The van der Waals surface area contributed by atoms with Crippen molar-refractivity contribution in [3.05, 3.63) is 59.7 Å². The van der Waals surface area contributed by atoms with E-state index in [1.54, 1.807) is 36.4 Å². The number of carbonyl (C=O) groups is 2. The van der Waals surface area contributed by atoms with Crippen LogP contribution in [0.3, 0.4) is 0 Å². The zero-order valence-corrected chi connectivity index (χ0v) is 21.3. The molecule has 6 nitrogen and oxygen atoms in total. The number of allylic oxidation sites excluding steroid dienone is 2. The molecule has 0 heterocycles. The van der Waals surface area contributed by atoms with Gasteiger partial charge in [0.25, 0.3) is 0 Å². The predicted molar refractivity (Wildman–Crippen MR) is 126 cm³/mol. The molecule has 0 aliphatic carbocycles. The molecule has 0 unspecified atom stereocenters. The molecule has 2 aromatic rings. The fourth-order valence-corrected chi connectivity index (χ4v) is 3.13. The summed E-state index contributed by atoms with van der Waals surface area (Å²) in [5, 5.41) is 19.1. The summed E-state index contributed by atoms with van der Waals surface area (Å²) in [6.07, 6.45) is 9.58. The van der Waals surface area contributed by atoms with Gasteiger partial charge in [-0.1, -0.05) is 24.3 Å². The first-order chi connectivity index (χ1) is 15.8. The quantitative estimate of drug-likeness (QED) is 0.146. The molecule has 0 fully saturated rings. The number of ether oxygens (including phenoxy) is 2. The zero-order chi connectivity index (χ0) is 24.6. The molecule has 0 aromatic heterocycles. The van der Waals surface area contributed by atoms with Crippen LogP contribution in [0, 0.1) is 0 Å². The average molecular weight is 636 g/mol. The van der Waals surface area contributed by atoms with Gasteiger partial charge < -0.3 is 19.7 Å². The second-order valence-corrected chi connectivity index (χ2v) is 8.08. The first-order valence-corrected chi connectivity index (χ1v) is 12.0. The predicted octanol–water partition coefficient (Wildman–Crippen LogP) is 5.51. The van der Waals surface area contributed by atoms with Crippen molar-refractivity contribution in [1.29, 1.82) is 0 Å². The standard InChI is InChI=1S/C21H20O6.C5H11.Au/c1-26-20-11-14(5-9-18(20)24)3-7-16(22)13-17(23)8-4-15-6-10-19(25)21(12-15)27-2;1-3-5-4-2;/h3-12,24-25H,13H2,1-2H3;1,3-5H2,2H3;/b7-3+,8-4+;;. The fraction of sp³-hybridized carbons (Fsp3) is 0.308. The van der Waals surface area contributed by atoms with Gasteiger partial charge in [-0.3, -0.25) is 9.59 Å². The molecule has 33 heavy (non-hydrogen) atoms. The smallest absolute Gasteiger partial charge is 0.163 e. The van der Waals surface area contributed by atoms with Crippen molar-refractivity contribution in [2.75, 3.05) is 14.2 Å². The van der Waals surface area contributed by atoms with Crippen LogP contribution in [-0.2, 0) is 30.7 Å². The van der Waals surface area contributed by atoms with Crippen LogP contribution in [0.1, 0.15) is 43.7 Å². The third kappa shape index (κ3) is 11.1. The van der Waals surface area contributed by atoms with Gasteiger partial charge in [0.15, 0.2) is 34.6 Å². The maximum atomic E-state index is 11.9. The molecule has 2 rings (SSSR count). The average Bonchev–Trinajstić information content (AvgIpc) is 2.82. The van der Waals surface area contributed by atoms with E-state index in [4.69, 9.17) is 9.47 Å². The summed E-state index contributed by atoms with van der Waals surface area (Å²) in [6.45, 7) is 2.23. The van der Waals surface area contributed by atoms with Crippen molar-refractivity contribution in [3.8, 4) is 23.0 Å². The summed E-state index contributed by atoms with van der Waals surface area (Å²) in [4.78, 5) is 23.9. The van der Waals surface area contributed by atoms with E-state index in [0.717, 1.165) is 0 Å². The van der Waals surface area contributed by atoms with Crippen molar-refractivity contribution in [2.24, 2.45) is 0 Å². The Morgan fingerprint density at radius 2 is 1.30 bits per heavy atom. The molecular formula is C26H31AuO6. The van der Waals surface area contributed by atoms with E-state index in [9.17, 15) is 19.8 Å². The number of hydrogen-bond acceptors (Lipinski definition) is 6. The van der Waals surface area contributed by atoms with Gasteiger partial charge in [0, 0.05) is 0 Å². The number of methoxy groups -OCH3 is 2. The van der Waals surface area contributed by atoms with Gasteiger partial charge in [0.2, 0.25) is 0 Å². The number of aromatic hydroxyl groups is 2. The Kier molecular flexibility index (Phi) is 13.6. The number of carbonyl (C=O) groups excluding carboxylic acids is 2. The third-order valence-corrected chi connectivity index (χ3v) is 5.16. The SMILES string of the molecule is CCCC[CH2][Au].COc1cc(/C=C/C(=O)CC(=O)/C=C/c2ccc(O)c(OC)c2)ccc1O. The summed E-state index contributed by atoms with van der Waals surface area (Å²) < 4.78 is 11.3. The number of phenolic OH excluding ortho intramolecular Hbond substituents is 2. The van der Waals surface area contributed by atoms with E-state index in [2.05, 4.69) is 28.0 Å². The molecule has 0 radical (unpaired) electrons. The van der Waals surface area contributed by atoms with Crippen LogP contribution in [0.25, 0.3) is 12.2 Å². The molecular weight excluding hydrogens is 605 g/mol. The number of hydrogen-bond donors (Lipinski definition) is 2. The fourth-order valence-electron chi connectivity index (χ4n) is 2.59. The number of ketones is 2. The maximum absolute atomic E-state index is 11.9. The van der Waals surface area contributed by atoms with E-state index in [-0.39, 0.29) is 29.5 Å². The molecule has 0 aliphatic rings. The molecule has 0 spiro atoms. The molecule has 0 atom stereocenters. The van der Waals surface area contributed by atoms with Crippen molar-refractivity contribution in [2.45, 2.75) is 37.2 Å². The van der Waals surface area contributed by atoms with Crippen LogP contribution < -0.4 is 9.47 Å². The van der Waals surface area contributed by atoms with Gasteiger partial charge in [0.1, 0.15) is 0 Å². The van der Waals surface area contributed by atoms with Crippen LogP contribution in [0.4, 0.5) is 0 Å². The van der Waals surface area contributed by atoms with Crippen LogP contribution in [0.15, 0.2) is 48.6 Å². The topological polar surface area (TPSA) is 93.1 Å². The Balaban J connectivity index is 0.000000801. The summed E-state index contributed by atoms with van der Waals surface area (Å²) in [5.41, 5.74) is 1.33. The maximum Gasteiger partial charge on any atom is 0.163 e. The zero-order valence-electron chi connectivity index (χ0n) is 19.1. The Morgan fingerprint density at radius 3 is 1.64 bits per heavy atom. The molecule has 0 saturated heterocycles.